The Balaban J connectivity index is 2.24. The molecule has 0 bridgehead atoms. The summed E-state index contributed by atoms with van der Waals surface area (Å²) >= 11 is 0. The maximum atomic E-state index is 12.2. The fraction of sp³-hybridized carbons (Fsp3) is 0.500. The van der Waals surface area contributed by atoms with Gasteiger partial charge in [-0.25, -0.2) is 0 Å². The summed E-state index contributed by atoms with van der Waals surface area (Å²) in [7, 11) is 1.75. The predicted octanol–water partition coefficient (Wildman–Crippen LogP) is 2.65. The van der Waals surface area contributed by atoms with Crippen molar-refractivity contribution in [2.75, 3.05) is 18.9 Å². The molecule has 1 aromatic carbocycles. The standard InChI is InChI=1S/C14H19N3O3/c1-3-8-15-12-7-4-10(9-13(12)17(19)20)14(18)16(2)11-5-6-11/h4,7,9,11,15H,3,5-6,8H2,1-2H3. The van der Waals surface area contributed by atoms with E-state index in [0.29, 0.717) is 23.8 Å². The molecule has 0 aliphatic heterocycles. The van der Waals surface area contributed by atoms with Gasteiger partial charge in [0.05, 0.1) is 4.92 Å². The predicted molar refractivity (Wildman–Crippen MR) is 77.0 cm³/mol. The van der Waals surface area contributed by atoms with Crippen molar-refractivity contribution in [3.05, 3.63) is 33.9 Å². The van der Waals surface area contributed by atoms with Gasteiger partial charge in [0, 0.05) is 31.3 Å². The largest absolute Gasteiger partial charge is 0.380 e. The maximum absolute atomic E-state index is 12.2. The van der Waals surface area contributed by atoms with Crippen LogP contribution in [0.25, 0.3) is 0 Å². The molecule has 6 nitrogen and oxygen atoms in total. The van der Waals surface area contributed by atoms with Crippen molar-refractivity contribution in [2.45, 2.75) is 32.2 Å². The Morgan fingerprint density at radius 2 is 2.20 bits per heavy atom. The molecule has 0 radical (unpaired) electrons. The summed E-state index contributed by atoms with van der Waals surface area (Å²) < 4.78 is 0. The van der Waals surface area contributed by atoms with Crippen LogP contribution >= 0.6 is 0 Å². The molecule has 1 N–H and O–H groups in total. The number of nitrogens with one attached hydrogen (secondary N) is 1. The molecule has 0 unspecified atom stereocenters. The third kappa shape index (κ3) is 3.07. The third-order valence-corrected chi connectivity index (χ3v) is 3.42. The molecule has 1 fully saturated rings. The number of nitro groups is 1. The Hall–Kier alpha value is -2.11. The van der Waals surface area contributed by atoms with Gasteiger partial charge in [0.25, 0.3) is 11.6 Å². The number of carbonyl (C=O) groups is 1. The second-order valence-electron chi connectivity index (χ2n) is 5.06. The van der Waals surface area contributed by atoms with Gasteiger partial charge >= 0.3 is 0 Å². The zero-order valence-electron chi connectivity index (χ0n) is 11.8. The lowest BCUT2D eigenvalue weighted by Gasteiger charge is -2.16. The second kappa shape index (κ2) is 5.90. The highest BCUT2D eigenvalue weighted by Crippen LogP contribution is 2.29. The summed E-state index contributed by atoms with van der Waals surface area (Å²) in [6, 6.07) is 4.91. The number of rotatable bonds is 6. The van der Waals surface area contributed by atoms with Crippen LogP contribution in [0.3, 0.4) is 0 Å². The van der Waals surface area contributed by atoms with Gasteiger partial charge in [0.2, 0.25) is 0 Å². The summed E-state index contributed by atoms with van der Waals surface area (Å²) in [4.78, 5) is 24.5. The lowest BCUT2D eigenvalue weighted by Crippen LogP contribution is -2.28. The summed E-state index contributed by atoms with van der Waals surface area (Å²) in [5.74, 6) is -0.155. The van der Waals surface area contributed by atoms with E-state index < -0.39 is 4.92 Å². The average molecular weight is 277 g/mol. The van der Waals surface area contributed by atoms with Gasteiger partial charge in [0.1, 0.15) is 5.69 Å². The molecule has 1 aromatic rings. The van der Waals surface area contributed by atoms with Crippen molar-refractivity contribution < 1.29 is 9.72 Å². The van der Waals surface area contributed by atoms with E-state index in [1.165, 1.54) is 6.07 Å². The van der Waals surface area contributed by atoms with Crippen molar-refractivity contribution in [2.24, 2.45) is 0 Å². The highest BCUT2D eigenvalue weighted by atomic mass is 16.6. The SMILES string of the molecule is CCCNc1ccc(C(=O)N(C)C2CC2)cc1[N+](=O)[O-]. The molecule has 0 atom stereocenters. The minimum Gasteiger partial charge on any atom is -0.380 e. The zero-order chi connectivity index (χ0) is 14.7. The fourth-order valence-corrected chi connectivity index (χ4v) is 2.06. The van der Waals surface area contributed by atoms with Crippen LogP contribution in [0.4, 0.5) is 11.4 Å². The number of amides is 1. The first-order chi connectivity index (χ1) is 9.54. The number of benzene rings is 1. The highest BCUT2D eigenvalue weighted by Gasteiger charge is 2.30. The Labute approximate surface area is 117 Å². The van der Waals surface area contributed by atoms with E-state index in [1.54, 1.807) is 24.1 Å². The molecule has 1 aliphatic rings. The Kier molecular flexibility index (Phi) is 4.22. The van der Waals surface area contributed by atoms with Crippen molar-refractivity contribution in [3.63, 3.8) is 0 Å². The van der Waals surface area contributed by atoms with Crippen LogP contribution in [-0.2, 0) is 0 Å². The number of hydrogen-bond acceptors (Lipinski definition) is 4. The van der Waals surface area contributed by atoms with Crippen LogP contribution in [0.5, 0.6) is 0 Å². The molecule has 108 valence electrons. The Bertz CT molecular complexity index is 526. The molecule has 1 amide bonds. The van der Waals surface area contributed by atoms with Gasteiger partial charge < -0.3 is 10.2 Å². The van der Waals surface area contributed by atoms with Crippen molar-refractivity contribution in [3.8, 4) is 0 Å². The Morgan fingerprint density at radius 1 is 1.50 bits per heavy atom. The minimum absolute atomic E-state index is 0.0477. The van der Waals surface area contributed by atoms with E-state index >= 15 is 0 Å². The lowest BCUT2D eigenvalue weighted by atomic mass is 10.1. The molecule has 20 heavy (non-hydrogen) atoms. The number of nitrogens with zero attached hydrogens (tertiary/aromatic N) is 2. The van der Waals surface area contributed by atoms with Gasteiger partial charge in [-0.05, 0) is 31.4 Å². The monoisotopic (exact) mass is 277 g/mol. The molecule has 1 saturated carbocycles. The summed E-state index contributed by atoms with van der Waals surface area (Å²) in [6.45, 7) is 2.65. The van der Waals surface area contributed by atoms with Gasteiger partial charge in [0.15, 0.2) is 0 Å². The molecule has 0 spiro atoms. The highest BCUT2D eigenvalue weighted by molar-refractivity contribution is 5.96. The van der Waals surface area contributed by atoms with Gasteiger partial charge in [-0.1, -0.05) is 6.92 Å². The second-order valence-corrected chi connectivity index (χ2v) is 5.06. The minimum atomic E-state index is -0.452. The summed E-state index contributed by atoms with van der Waals surface area (Å²) in [6.07, 6.45) is 2.91. The lowest BCUT2D eigenvalue weighted by molar-refractivity contribution is -0.384. The fourth-order valence-electron chi connectivity index (χ4n) is 2.06. The molecule has 6 heteroatoms. The van der Waals surface area contributed by atoms with E-state index in [-0.39, 0.29) is 11.6 Å². The normalized spacial score (nSPS) is 13.9. The van der Waals surface area contributed by atoms with Crippen molar-refractivity contribution in [1.29, 1.82) is 0 Å². The molecule has 1 aliphatic carbocycles. The number of carbonyl (C=O) groups excluding carboxylic acids is 1. The third-order valence-electron chi connectivity index (χ3n) is 3.42. The molecule has 2 rings (SSSR count). The van der Waals surface area contributed by atoms with E-state index in [0.717, 1.165) is 19.3 Å². The van der Waals surface area contributed by atoms with E-state index in [2.05, 4.69) is 5.32 Å². The first-order valence-corrected chi connectivity index (χ1v) is 6.84. The quantitative estimate of drug-likeness (QED) is 0.640. The van der Waals surface area contributed by atoms with Crippen LogP contribution < -0.4 is 5.32 Å². The van der Waals surface area contributed by atoms with E-state index in [4.69, 9.17) is 0 Å². The van der Waals surface area contributed by atoms with E-state index in [1.807, 2.05) is 6.92 Å². The molecule has 0 aromatic heterocycles. The molecule has 0 heterocycles. The van der Waals surface area contributed by atoms with Crippen LogP contribution in [0.15, 0.2) is 18.2 Å². The first kappa shape index (κ1) is 14.3. The molecular weight excluding hydrogens is 258 g/mol. The van der Waals surface area contributed by atoms with Crippen LogP contribution in [0, 0.1) is 10.1 Å². The van der Waals surface area contributed by atoms with Crippen molar-refractivity contribution in [1.82, 2.24) is 4.90 Å². The van der Waals surface area contributed by atoms with Gasteiger partial charge in [-0.2, -0.15) is 0 Å². The smallest absolute Gasteiger partial charge is 0.293 e. The average Bonchev–Trinajstić information content (AvgIpc) is 3.27. The first-order valence-electron chi connectivity index (χ1n) is 6.84. The zero-order valence-corrected chi connectivity index (χ0v) is 11.8. The van der Waals surface area contributed by atoms with E-state index in [9.17, 15) is 14.9 Å². The number of nitro benzene ring substituents is 1. The summed E-state index contributed by atoms with van der Waals surface area (Å²) in [5.41, 5.74) is 0.782. The molecule has 0 saturated heterocycles. The topological polar surface area (TPSA) is 75.5 Å². The maximum Gasteiger partial charge on any atom is 0.293 e. The number of hydrogen-bond donors (Lipinski definition) is 1. The number of anilines is 1. The van der Waals surface area contributed by atoms with Gasteiger partial charge in [-0.15, -0.1) is 0 Å². The van der Waals surface area contributed by atoms with Gasteiger partial charge in [-0.3, -0.25) is 14.9 Å². The van der Waals surface area contributed by atoms with Crippen LogP contribution in [0.1, 0.15) is 36.5 Å². The van der Waals surface area contributed by atoms with Crippen molar-refractivity contribution >= 4 is 17.3 Å². The van der Waals surface area contributed by atoms with Crippen LogP contribution in [0.2, 0.25) is 0 Å². The summed E-state index contributed by atoms with van der Waals surface area (Å²) in [5, 5.41) is 14.1. The Morgan fingerprint density at radius 3 is 2.75 bits per heavy atom. The molecular formula is C14H19N3O3. The van der Waals surface area contributed by atoms with Crippen LogP contribution in [-0.4, -0.2) is 35.4 Å².